The van der Waals surface area contributed by atoms with Crippen molar-refractivity contribution in [3.63, 3.8) is 0 Å². The Morgan fingerprint density at radius 3 is 2.82 bits per heavy atom. The third kappa shape index (κ3) is 2.44. The number of halogens is 1. The van der Waals surface area contributed by atoms with Crippen LogP contribution in [0.1, 0.15) is 30.4 Å². The molecule has 3 nitrogen and oxygen atoms in total. The topological polar surface area (TPSA) is 49.3 Å². The van der Waals surface area contributed by atoms with Gasteiger partial charge in [-0.3, -0.25) is 4.79 Å². The van der Waals surface area contributed by atoms with E-state index in [0.717, 1.165) is 24.1 Å². The van der Waals surface area contributed by atoms with Crippen LogP contribution >= 0.6 is 11.6 Å². The van der Waals surface area contributed by atoms with Gasteiger partial charge in [0.25, 0.3) is 0 Å². The maximum absolute atomic E-state index is 10.9. The fourth-order valence-corrected chi connectivity index (χ4v) is 2.20. The van der Waals surface area contributed by atoms with Gasteiger partial charge >= 0.3 is 5.97 Å². The summed E-state index contributed by atoms with van der Waals surface area (Å²) in [7, 11) is 0. The van der Waals surface area contributed by atoms with Gasteiger partial charge in [0.2, 0.25) is 0 Å². The Morgan fingerprint density at radius 1 is 1.53 bits per heavy atom. The largest absolute Gasteiger partial charge is 0.481 e. The van der Waals surface area contributed by atoms with Gasteiger partial charge in [0.1, 0.15) is 0 Å². The van der Waals surface area contributed by atoms with Crippen molar-refractivity contribution < 1.29 is 9.90 Å². The van der Waals surface area contributed by atoms with Gasteiger partial charge in [-0.1, -0.05) is 23.7 Å². The highest BCUT2D eigenvalue weighted by Gasteiger charge is 2.16. The Kier molecular flexibility index (Phi) is 3.38. The van der Waals surface area contributed by atoms with E-state index in [1.165, 1.54) is 5.57 Å². The third-order valence-corrected chi connectivity index (χ3v) is 3.34. The molecule has 1 unspecified atom stereocenters. The fourth-order valence-electron chi connectivity index (χ4n) is 1.89. The van der Waals surface area contributed by atoms with Crippen LogP contribution in [0.5, 0.6) is 0 Å². The highest BCUT2D eigenvalue weighted by Crippen LogP contribution is 2.30. The van der Waals surface area contributed by atoms with Crippen LogP contribution in [0.25, 0.3) is 5.57 Å². The summed E-state index contributed by atoms with van der Waals surface area (Å²) in [4.78, 5) is 10.9. The van der Waals surface area contributed by atoms with Gasteiger partial charge < -0.3 is 10.4 Å². The molecule has 1 aromatic carbocycles. The summed E-state index contributed by atoms with van der Waals surface area (Å²) < 4.78 is 0. The van der Waals surface area contributed by atoms with Crippen LogP contribution in [-0.4, -0.2) is 17.6 Å². The standard InChI is InChI=1S/C13H14ClNO2/c1-8(13(16)17)9-2-3-11(12(14)6-9)10-4-5-15-7-10/h2-3,6-8,15H,4-5H2,1H3,(H,16,17). The van der Waals surface area contributed by atoms with Crippen molar-refractivity contribution in [3.05, 3.63) is 40.5 Å². The lowest BCUT2D eigenvalue weighted by atomic mass is 9.97. The highest BCUT2D eigenvalue weighted by molar-refractivity contribution is 6.32. The molecule has 1 aromatic rings. The molecule has 0 fully saturated rings. The Hall–Kier alpha value is -1.48. The molecule has 0 amide bonds. The number of nitrogens with one attached hydrogen (secondary N) is 1. The smallest absolute Gasteiger partial charge is 0.310 e. The number of rotatable bonds is 3. The molecule has 90 valence electrons. The number of benzene rings is 1. The van der Waals surface area contributed by atoms with E-state index in [9.17, 15) is 4.79 Å². The average molecular weight is 252 g/mol. The Bertz CT molecular complexity index is 482. The van der Waals surface area contributed by atoms with Gasteiger partial charge in [0.05, 0.1) is 5.92 Å². The van der Waals surface area contributed by atoms with Gasteiger partial charge in [-0.2, -0.15) is 0 Å². The molecule has 17 heavy (non-hydrogen) atoms. The van der Waals surface area contributed by atoms with E-state index in [1.807, 2.05) is 18.3 Å². The van der Waals surface area contributed by atoms with Crippen molar-refractivity contribution in [2.45, 2.75) is 19.3 Å². The Balaban J connectivity index is 2.31. The summed E-state index contributed by atoms with van der Waals surface area (Å²) >= 11 is 6.20. The van der Waals surface area contributed by atoms with Crippen LogP contribution < -0.4 is 5.32 Å². The summed E-state index contributed by atoms with van der Waals surface area (Å²) in [5.41, 5.74) is 2.89. The fraction of sp³-hybridized carbons (Fsp3) is 0.308. The molecule has 2 N–H and O–H groups in total. The summed E-state index contributed by atoms with van der Waals surface area (Å²) in [6.07, 6.45) is 2.91. The van der Waals surface area contributed by atoms with Crippen molar-refractivity contribution in [2.24, 2.45) is 0 Å². The van der Waals surface area contributed by atoms with Gasteiger partial charge in [-0.15, -0.1) is 0 Å². The zero-order chi connectivity index (χ0) is 12.4. The number of hydrogen-bond donors (Lipinski definition) is 2. The summed E-state index contributed by atoms with van der Waals surface area (Å²) in [6, 6.07) is 5.48. The molecular weight excluding hydrogens is 238 g/mol. The number of carboxylic acids is 1. The minimum absolute atomic E-state index is 0.530. The SMILES string of the molecule is CC(C(=O)O)c1ccc(C2=CNCC2)c(Cl)c1. The zero-order valence-electron chi connectivity index (χ0n) is 9.53. The van der Waals surface area contributed by atoms with E-state index in [4.69, 9.17) is 16.7 Å². The Morgan fingerprint density at radius 2 is 2.29 bits per heavy atom. The molecular formula is C13H14ClNO2. The minimum atomic E-state index is -0.837. The third-order valence-electron chi connectivity index (χ3n) is 3.02. The molecule has 1 aliphatic rings. The quantitative estimate of drug-likeness (QED) is 0.869. The minimum Gasteiger partial charge on any atom is -0.481 e. The predicted molar refractivity (Wildman–Crippen MR) is 68.1 cm³/mol. The van der Waals surface area contributed by atoms with Crippen molar-refractivity contribution >= 4 is 23.1 Å². The van der Waals surface area contributed by atoms with E-state index in [-0.39, 0.29) is 0 Å². The van der Waals surface area contributed by atoms with Crippen molar-refractivity contribution in [2.75, 3.05) is 6.54 Å². The van der Waals surface area contributed by atoms with Gasteiger partial charge in [-0.05, 0) is 36.1 Å². The van der Waals surface area contributed by atoms with Crippen molar-refractivity contribution in [3.8, 4) is 0 Å². The van der Waals surface area contributed by atoms with E-state index in [2.05, 4.69) is 5.32 Å². The molecule has 1 aliphatic heterocycles. The van der Waals surface area contributed by atoms with Crippen molar-refractivity contribution in [1.29, 1.82) is 0 Å². The molecule has 1 atom stereocenters. The van der Waals surface area contributed by atoms with Crippen LogP contribution in [-0.2, 0) is 4.79 Å². The first-order valence-electron chi connectivity index (χ1n) is 5.54. The summed E-state index contributed by atoms with van der Waals surface area (Å²) in [5.74, 6) is -1.37. The average Bonchev–Trinajstić information content (AvgIpc) is 2.81. The molecule has 0 radical (unpaired) electrons. The lowest BCUT2D eigenvalue weighted by Crippen LogP contribution is -2.07. The van der Waals surface area contributed by atoms with Gasteiger partial charge in [0.15, 0.2) is 0 Å². The molecule has 1 heterocycles. The molecule has 0 aromatic heterocycles. The molecule has 0 saturated carbocycles. The lowest BCUT2D eigenvalue weighted by molar-refractivity contribution is -0.138. The summed E-state index contributed by atoms with van der Waals surface area (Å²) in [6.45, 7) is 2.59. The maximum Gasteiger partial charge on any atom is 0.310 e. The van der Waals surface area contributed by atoms with E-state index >= 15 is 0 Å². The second kappa shape index (κ2) is 4.80. The first kappa shape index (κ1) is 12.0. The zero-order valence-corrected chi connectivity index (χ0v) is 10.3. The van der Waals surface area contributed by atoms with Crippen LogP contribution in [0.2, 0.25) is 5.02 Å². The molecule has 2 rings (SSSR count). The van der Waals surface area contributed by atoms with Crippen LogP contribution in [0.4, 0.5) is 0 Å². The first-order chi connectivity index (χ1) is 8.09. The number of aliphatic carboxylic acids is 1. The van der Waals surface area contributed by atoms with Gasteiger partial charge in [0, 0.05) is 17.8 Å². The second-order valence-corrected chi connectivity index (χ2v) is 4.58. The number of carbonyl (C=O) groups is 1. The lowest BCUT2D eigenvalue weighted by Gasteiger charge is -2.10. The van der Waals surface area contributed by atoms with Crippen molar-refractivity contribution in [1.82, 2.24) is 5.32 Å². The number of hydrogen-bond acceptors (Lipinski definition) is 2. The second-order valence-electron chi connectivity index (χ2n) is 4.17. The van der Waals surface area contributed by atoms with Crippen LogP contribution in [0, 0.1) is 0 Å². The van der Waals surface area contributed by atoms with Crippen LogP contribution in [0.15, 0.2) is 24.4 Å². The monoisotopic (exact) mass is 251 g/mol. The molecule has 0 spiro atoms. The number of carboxylic acid groups (broad SMARTS) is 1. The maximum atomic E-state index is 10.9. The molecule has 0 bridgehead atoms. The Labute approximate surface area is 105 Å². The van der Waals surface area contributed by atoms with Crippen LogP contribution in [0.3, 0.4) is 0 Å². The molecule has 0 aliphatic carbocycles. The van der Waals surface area contributed by atoms with E-state index in [1.54, 1.807) is 13.0 Å². The van der Waals surface area contributed by atoms with E-state index in [0.29, 0.717) is 5.02 Å². The highest BCUT2D eigenvalue weighted by atomic mass is 35.5. The summed E-state index contributed by atoms with van der Waals surface area (Å²) in [5, 5.41) is 12.7. The normalized spacial score (nSPS) is 16.2. The molecule has 4 heteroatoms. The predicted octanol–water partition coefficient (Wildman–Crippen LogP) is 2.86. The van der Waals surface area contributed by atoms with E-state index < -0.39 is 11.9 Å². The first-order valence-corrected chi connectivity index (χ1v) is 5.92. The van der Waals surface area contributed by atoms with Gasteiger partial charge in [-0.25, -0.2) is 0 Å². The molecule has 0 saturated heterocycles.